The van der Waals surface area contributed by atoms with Gasteiger partial charge in [0.15, 0.2) is 0 Å². The van der Waals surface area contributed by atoms with Gasteiger partial charge in [-0.15, -0.1) is 35.1 Å². The summed E-state index contributed by atoms with van der Waals surface area (Å²) in [7, 11) is 1.21. The number of fused-ring (bicyclic) bond motifs is 2. The number of carbonyl (C=O) groups is 6. The van der Waals surface area contributed by atoms with Crippen molar-refractivity contribution in [1.29, 1.82) is 0 Å². The first-order chi connectivity index (χ1) is 33.0. The first kappa shape index (κ1) is 53.3. The average Bonchev–Trinajstić information content (AvgIpc) is 4.30. The lowest BCUT2D eigenvalue weighted by atomic mass is 10.1. The third-order valence-electron chi connectivity index (χ3n) is 10.6. The Hall–Kier alpha value is -6.67. The lowest BCUT2D eigenvalue weighted by Crippen LogP contribution is -2.49. The molecule has 0 radical (unpaired) electrons. The molecule has 2 aliphatic rings. The second-order valence-electron chi connectivity index (χ2n) is 15.8. The number of pyridine rings is 2. The number of carboxylic acid groups (broad SMARTS) is 1. The van der Waals surface area contributed by atoms with E-state index in [0.717, 1.165) is 57.2 Å². The molecule has 6 N–H and O–H groups in total. The number of nitrogens with two attached hydrogens (primary N) is 1. The highest BCUT2D eigenvalue weighted by Crippen LogP contribution is 2.45. The number of ether oxygens (including phenoxy) is 4. The van der Waals surface area contributed by atoms with Gasteiger partial charge in [0, 0.05) is 25.5 Å². The highest BCUT2D eigenvalue weighted by atomic mass is 35.5. The van der Waals surface area contributed by atoms with Crippen LogP contribution in [0, 0.1) is 0 Å². The summed E-state index contributed by atoms with van der Waals surface area (Å²) in [5.74, 6) is -1.25. The number of amides is 3. The van der Waals surface area contributed by atoms with Gasteiger partial charge >= 0.3 is 30.1 Å². The molecular formula is C49H55ClN6O11S2. The van der Waals surface area contributed by atoms with E-state index in [0.29, 0.717) is 28.2 Å². The van der Waals surface area contributed by atoms with E-state index in [9.17, 15) is 28.8 Å². The summed E-state index contributed by atoms with van der Waals surface area (Å²) in [6.45, 7) is 2.34. The van der Waals surface area contributed by atoms with Crippen LogP contribution in [0.5, 0.6) is 0 Å². The molecule has 2 atom stereocenters. The molecule has 0 unspecified atom stereocenters. The largest absolute Gasteiger partial charge is 0.477 e. The molecule has 2 fully saturated rings. The molecule has 0 bridgehead atoms. The van der Waals surface area contributed by atoms with Gasteiger partial charge in [0.2, 0.25) is 0 Å². The van der Waals surface area contributed by atoms with E-state index < -0.39 is 42.2 Å². The second-order valence-corrected chi connectivity index (χ2v) is 17.9. The minimum Gasteiger partial charge on any atom is -0.477 e. The van der Waals surface area contributed by atoms with E-state index in [2.05, 4.69) is 25.9 Å². The van der Waals surface area contributed by atoms with Crippen LogP contribution in [0.3, 0.4) is 0 Å². The van der Waals surface area contributed by atoms with Gasteiger partial charge in [-0.05, 0) is 90.5 Å². The highest BCUT2D eigenvalue weighted by molar-refractivity contribution is 7.21. The molecule has 6 aromatic rings. The molecule has 4 heterocycles. The number of hydrogen-bond acceptors (Lipinski definition) is 15. The van der Waals surface area contributed by atoms with Crippen LogP contribution in [0.15, 0.2) is 97.3 Å². The number of carbonyl (C=O) groups excluding carboxylic acids is 5. The van der Waals surface area contributed by atoms with Crippen LogP contribution < -0.4 is 21.7 Å². The lowest BCUT2D eigenvalue weighted by Gasteiger charge is -2.17. The van der Waals surface area contributed by atoms with Gasteiger partial charge < -0.3 is 45.7 Å². The number of hydrogen-bond donors (Lipinski definition) is 5. The number of halogens is 1. The number of carboxylic acids is 1. The molecule has 2 aliphatic carbocycles. The van der Waals surface area contributed by atoms with E-state index in [1.165, 1.54) is 53.8 Å². The van der Waals surface area contributed by atoms with E-state index in [1.807, 2.05) is 79.7 Å². The monoisotopic (exact) mass is 1000 g/mol. The van der Waals surface area contributed by atoms with Crippen molar-refractivity contribution in [3.63, 3.8) is 0 Å². The van der Waals surface area contributed by atoms with Gasteiger partial charge in [-0.25, -0.2) is 24.0 Å². The Morgan fingerprint density at radius 2 is 1.20 bits per heavy atom. The summed E-state index contributed by atoms with van der Waals surface area (Å²) in [4.78, 5) is 80.5. The number of esters is 2. The number of rotatable bonds is 18. The Labute approximate surface area is 412 Å². The minimum absolute atomic E-state index is 0. The van der Waals surface area contributed by atoms with E-state index in [1.54, 1.807) is 24.5 Å². The molecule has 69 heavy (non-hydrogen) atoms. The van der Waals surface area contributed by atoms with Crippen molar-refractivity contribution in [2.24, 2.45) is 5.73 Å². The molecule has 2 saturated carbocycles. The average molecular weight is 1000 g/mol. The van der Waals surface area contributed by atoms with Gasteiger partial charge in [-0.2, -0.15) is 0 Å². The number of alkyl carbamates (subject to hydrolysis) is 2. The minimum atomic E-state index is -1.08. The zero-order valence-electron chi connectivity index (χ0n) is 38.1. The second kappa shape index (κ2) is 26.8. The van der Waals surface area contributed by atoms with E-state index in [4.69, 9.17) is 29.8 Å². The molecular weight excluding hydrogens is 948 g/mol. The molecule has 0 saturated heterocycles. The van der Waals surface area contributed by atoms with Crippen LogP contribution in [0.25, 0.3) is 20.4 Å². The number of nitrogens with zero attached hydrogens (tertiary/aromatic N) is 2. The first-order valence-electron chi connectivity index (χ1n) is 22.1. The number of methoxy groups -OCH3 is 1. The summed E-state index contributed by atoms with van der Waals surface area (Å²) in [5.41, 5.74) is 11.3. The maximum atomic E-state index is 12.7. The number of aromatic carboxylic acids is 1. The van der Waals surface area contributed by atoms with Crippen molar-refractivity contribution in [2.75, 3.05) is 26.8 Å². The number of nitrogens with one attached hydrogen (secondary N) is 3. The first-order valence-corrected chi connectivity index (χ1v) is 23.8. The predicted octanol–water partition coefficient (Wildman–Crippen LogP) is 8.25. The van der Waals surface area contributed by atoms with Gasteiger partial charge in [-0.1, -0.05) is 74.0 Å². The Morgan fingerprint density at radius 3 is 1.67 bits per heavy atom. The molecule has 0 spiro atoms. The highest BCUT2D eigenvalue weighted by Gasteiger charge is 2.29. The van der Waals surface area contributed by atoms with Crippen LogP contribution in [0.4, 0.5) is 9.59 Å². The zero-order chi connectivity index (χ0) is 48.4. The predicted molar refractivity (Wildman–Crippen MR) is 264 cm³/mol. The van der Waals surface area contributed by atoms with Crippen LogP contribution in [0.1, 0.15) is 98.9 Å². The van der Waals surface area contributed by atoms with Crippen LogP contribution >= 0.6 is 35.1 Å². The van der Waals surface area contributed by atoms with Crippen molar-refractivity contribution < 1.29 is 52.8 Å². The number of unbranched alkanes of at least 4 members (excludes halogenated alkanes) is 1. The Balaban J connectivity index is 0.000000207. The molecule has 4 aromatic heterocycles. The van der Waals surface area contributed by atoms with E-state index in [-0.39, 0.29) is 44.6 Å². The summed E-state index contributed by atoms with van der Waals surface area (Å²) >= 11 is 2.72. The van der Waals surface area contributed by atoms with Gasteiger partial charge in [-0.3, -0.25) is 14.8 Å². The zero-order valence-corrected chi connectivity index (χ0v) is 40.5. The summed E-state index contributed by atoms with van der Waals surface area (Å²) in [6, 6.07) is 23.9. The Kier molecular flexibility index (Phi) is 20.7. The molecule has 2 aromatic carbocycles. The molecule has 3 amide bonds. The number of thiophene rings is 2. The summed E-state index contributed by atoms with van der Waals surface area (Å²) in [6.07, 6.45) is 8.53. The SMILES string of the molecule is CCCCOC(=O)[C@@H](CN)NC(=O)OCc1ccccc1.COC(=O)[C@@H](CNC(=O)c1cc2nccc(C3CC3)c2s1)NC(=O)OCc1ccccc1.Cl.O=C(O)c1cc2nccc(C3CC3)c2s1. The standard InChI is InChI=1S/C23H23N3O5S.C15H22N2O4.C11H9NO2S.ClH/c1-30-22(28)18(26-23(29)31-13-14-5-3-2-4-6-14)12-25-21(27)19-11-17-20(32-19)16(9-10-24-17)15-7-8-15;1-2-3-9-20-14(18)13(10-16)17-15(19)21-11-12-7-5-4-6-8-12;13-11(14)9-5-8-10(15-9)7(3-4-12-8)6-1-2-6;/h2-6,9-11,15,18H,7-8,12-13H2,1H3,(H,25,27)(H,26,29);4-8,13H,2-3,9-11,16H2,1H3,(H,17,19);3-6H,1-2H2,(H,13,14);1H/t18-;13-;;/m11../s1. The van der Waals surface area contributed by atoms with Crippen LogP contribution in [0.2, 0.25) is 0 Å². The smallest absolute Gasteiger partial charge is 0.408 e. The molecule has 366 valence electrons. The normalized spacial score (nSPS) is 13.4. The Morgan fingerprint density at radius 1 is 0.710 bits per heavy atom. The fourth-order valence-electron chi connectivity index (χ4n) is 6.63. The van der Waals surface area contributed by atoms with Gasteiger partial charge in [0.05, 0.1) is 39.0 Å². The maximum absolute atomic E-state index is 12.7. The molecule has 17 nitrogen and oxygen atoms in total. The number of benzene rings is 2. The topological polar surface area (TPSA) is 247 Å². The van der Waals surface area contributed by atoms with Crippen LogP contribution in [-0.4, -0.2) is 90.0 Å². The summed E-state index contributed by atoms with van der Waals surface area (Å²) in [5, 5.41) is 16.5. The Bertz CT molecular complexity index is 2660. The number of aromatic nitrogens is 2. The van der Waals surface area contributed by atoms with Crippen molar-refractivity contribution in [2.45, 2.75) is 82.6 Å². The maximum Gasteiger partial charge on any atom is 0.408 e. The summed E-state index contributed by atoms with van der Waals surface area (Å²) < 4.78 is 22.0. The van der Waals surface area contributed by atoms with E-state index >= 15 is 0 Å². The van der Waals surface area contributed by atoms with Crippen molar-refractivity contribution in [3.8, 4) is 0 Å². The molecule has 0 aliphatic heterocycles. The van der Waals surface area contributed by atoms with Crippen molar-refractivity contribution >= 4 is 91.5 Å². The quantitative estimate of drug-likeness (QED) is 0.0309. The lowest BCUT2D eigenvalue weighted by molar-refractivity contribution is -0.146. The van der Waals surface area contributed by atoms with Crippen molar-refractivity contribution in [3.05, 3.63) is 129 Å². The van der Waals surface area contributed by atoms with Crippen molar-refractivity contribution in [1.82, 2.24) is 25.9 Å². The third kappa shape index (κ3) is 16.2. The van der Waals surface area contributed by atoms with Gasteiger partial charge in [0.1, 0.15) is 30.2 Å². The fourth-order valence-corrected chi connectivity index (χ4v) is 8.80. The fraction of sp³-hybridized carbons (Fsp3) is 0.347. The van der Waals surface area contributed by atoms with Crippen LogP contribution in [-0.2, 0) is 41.8 Å². The molecule has 8 rings (SSSR count). The third-order valence-corrected chi connectivity index (χ3v) is 12.9. The van der Waals surface area contributed by atoms with Gasteiger partial charge in [0.25, 0.3) is 5.91 Å². The molecule has 20 heteroatoms.